The second-order valence-electron chi connectivity index (χ2n) is 2.73. The molecule has 1 unspecified atom stereocenters. The predicted octanol–water partition coefficient (Wildman–Crippen LogP) is 1.82. The van der Waals surface area contributed by atoms with E-state index in [1.54, 1.807) is 6.26 Å². The Bertz CT molecular complexity index is 259. The van der Waals surface area contributed by atoms with Crippen molar-refractivity contribution < 1.29 is 9.52 Å². The zero-order valence-corrected chi connectivity index (χ0v) is 6.16. The van der Waals surface area contributed by atoms with Gasteiger partial charge in [0.2, 0.25) is 0 Å². The van der Waals surface area contributed by atoms with Crippen molar-refractivity contribution in [2.24, 2.45) is 0 Å². The molecule has 0 radical (unpaired) electrons. The first kappa shape index (κ1) is 6.68. The maximum Gasteiger partial charge on any atom is 0.132 e. The summed E-state index contributed by atoms with van der Waals surface area (Å²) in [6.07, 6.45) is 5.12. The minimum absolute atomic E-state index is 0.318. The van der Waals surface area contributed by atoms with Gasteiger partial charge in [0.1, 0.15) is 5.76 Å². The van der Waals surface area contributed by atoms with Crippen molar-refractivity contribution in [3.8, 4) is 0 Å². The molecule has 2 nitrogen and oxygen atoms in total. The molecule has 1 aliphatic rings. The molecule has 1 aliphatic carbocycles. The van der Waals surface area contributed by atoms with E-state index in [0.29, 0.717) is 0 Å². The van der Waals surface area contributed by atoms with Gasteiger partial charge in [-0.25, -0.2) is 0 Å². The Balaban J connectivity index is 2.30. The first-order chi connectivity index (χ1) is 5.38. The summed E-state index contributed by atoms with van der Waals surface area (Å²) in [5.41, 5.74) is 0.940. The Labute approximate surface area is 65.1 Å². The summed E-state index contributed by atoms with van der Waals surface area (Å²) in [4.78, 5) is 0. The number of hydrogen-bond acceptors (Lipinski definition) is 2. The molecule has 0 amide bonds. The van der Waals surface area contributed by atoms with Crippen LogP contribution in [0.25, 0.3) is 5.57 Å². The molecule has 0 fully saturated rings. The lowest BCUT2D eigenvalue weighted by molar-refractivity contribution is 0.229. The van der Waals surface area contributed by atoms with E-state index in [1.165, 1.54) is 0 Å². The first-order valence-corrected chi connectivity index (χ1v) is 3.80. The number of rotatable bonds is 1. The largest absolute Gasteiger partial charge is 0.465 e. The zero-order chi connectivity index (χ0) is 7.68. The van der Waals surface area contributed by atoms with Crippen molar-refractivity contribution >= 4 is 5.57 Å². The standard InChI is InChI=1S/C9H10O2/c10-8-4-1-3-7(8)9-5-2-6-11-9/h2-3,5-6,8,10H,1,4H2. The van der Waals surface area contributed by atoms with Crippen LogP contribution >= 0.6 is 0 Å². The molecule has 2 rings (SSSR count). The third kappa shape index (κ3) is 1.10. The second kappa shape index (κ2) is 2.55. The minimum Gasteiger partial charge on any atom is -0.465 e. The van der Waals surface area contributed by atoms with Crippen LogP contribution in [0.3, 0.4) is 0 Å². The third-order valence-electron chi connectivity index (χ3n) is 1.97. The number of allylic oxidation sites excluding steroid dienone is 1. The molecule has 0 spiro atoms. The highest BCUT2D eigenvalue weighted by molar-refractivity contribution is 5.66. The van der Waals surface area contributed by atoms with Crippen LogP contribution in [0.2, 0.25) is 0 Å². The summed E-state index contributed by atoms with van der Waals surface area (Å²) in [5.74, 6) is 0.801. The van der Waals surface area contributed by atoms with Gasteiger partial charge in [-0.1, -0.05) is 6.08 Å². The Kier molecular flexibility index (Phi) is 1.55. The Morgan fingerprint density at radius 3 is 3.00 bits per heavy atom. The highest BCUT2D eigenvalue weighted by Gasteiger charge is 2.19. The Morgan fingerprint density at radius 2 is 2.45 bits per heavy atom. The van der Waals surface area contributed by atoms with Crippen molar-refractivity contribution in [3.63, 3.8) is 0 Å². The molecular formula is C9H10O2. The molecule has 58 valence electrons. The SMILES string of the molecule is OC1CCC=C1c1ccco1. The van der Waals surface area contributed by atoms with Crippen molar-refractivity contribution in [3.05, 3.63) is 30.2 Å². The van der Waals surface area contributed by atoms with E-state index in [0.717, 1.165) is 24.2 Å². The van der Waals surface area contributed by atoms with Gasteiger partial charge in [-0.05, 0) is 25.0 Å². The smallest absolute Gasteiger partial charge is 0.132 e. The van der Waals surface area contributed by atoms with Gasteiger partial charge >= 0.3 is 0 Å². The van der Waals surface area contributed by atoms with Crippen molar-refractivity contribution in [2.75, 3.05) is 0 Å². The summed E-state index contributed by atoms with van der Waals surface area (Å²) in [6.45, 7) is 0. The molecule has 0 aliphatic heterocycles. The van der Waals surface area contributed by atoms with Crippen LogP contribution in [0.4, 0.5) is 0 Å². The van der Waals surface area contributed by atoms with E-state index in [2.05, 4.69) is 0 Å². The number of aliphatic hydroxyl groups excluding tert-OH is 1. The lowest BCUT2D eigenvalue weighted by Crippen LogP contribution is -2.02. The Morgan fingerprint density at radius 1 is 1.55 bits per heavy atom. The van der Waals surface area contributed by atoms with Crippen molar-refractivity contribution in [1.29, 1.82) is 0 Å². The molecule has 11 heavy (non-hydrogen) atoms. The van der Waals surface area contributed by atoms with Crippen LogP contribution in [0.15, 0.2) is 28.9 Å². The highest BCUT2D eigenvalue weighted by Crippen LogP contribution is 2.27. The predicted molar refractivity (Wildman–Crippen MR) is 41.9 cm³/mol. The van der Waals surface area contributed by atoms with Gasteiger partial charge in [-0.15, -0.1) is 0 Å². The maximum absolute atomic E-state index is 9.43. The zero-order valence-electron chi connectivity index (χ0n) is 6.16. The van der Waals surface area contributed by atoms with E-state index < -0.39 is 0 Å². The molecule has 1 aromatic rings. The molecule has 1 heterocycles. The van der Waals surface area contributed by atoms with Gasteiger partial charge < -0.3 is 9.52 Å². The van der Waals surface area contributed by atoms with E-state index in [-0.39, 0.29) is 6.10 Å². The average molecular weight is 150 g/mol. The van der Waals surface area contributed by atoms with Gasteiger partial charge in [0, 0.05) is 5.57 Å². The third-order valence-corrected chi connectivity index (χ3v) is 1.97. The Hall–Kier alpha value is -1.02. The molecule has 1 aromatic heterocycles. The summed E-state index contributed by atoms with van der Waals surface area (Å²) < 4.78 is 5.16. The fourth-order valence-electron chi connectivity index (χ4n) is 1.40. The van der Waals surface area contributed by atoms with Crippen LogP contribution < -0.4 is 0 Å². The van der Waals surface area contributed by atoms with E-state index >= 15 is 0 Å². The van der Waals surface area contributed by atoms with Gasteiger partial charge in [0.05, 0.1) is 12.4 Å². The highest BCUT2D eigenvalue weighted by atomic mass is 16.3. The number of aliphatic hydroxyl groups is 1. The lowest BCUT2D eigenvalue weighted by Gasteiger charge is -2.03. The van der Waals surface area contributed by atoms with Crippen LogP contribution in [0, 0.1) is 0 Å². The molecule has 0 saturated heterocycles. The van der Waals surface area contributed by atoms with Gasteiger partial charge in [-0.3, -0.25) is 0 Å². The second-order valence-corrected chi connectivity index (χ2v) is 2.73. The fraction of sp³-hybridized carbons (Fsp3) is 0.333. The molecule has 0 aromatic carbocycles. The summed E-state index contributed by atoms with van der Waals surface area (Å²) >= 11 is 0. The molecule has 0 saturated carbocycles. The molecule has 1 atom stereocenters. The molecule has 0 bridgehead atoms. The topological polar surface area (TPSA) is 33.4 Å². The van der Waals surface area contributed by atoms with Gasteiger partial charge in [-0.2, -0.15) is 0 Å². The van der Waals surface area contributed by atoms with E-state index in [1.807, 2.05) is 18.2 Å². The fourth-order valence-corrected chi connectivity index (χ4v) is 1.40. The lowest BCUT2D eigenvalue weighted by atomic mass is 10.1. The normalized spacial score (nSPS) is 23.7. The van der Waals surface area contributed by atoms with Crippen molar-refractivity contribution in [1.82, 2.24) is 0 Å². The van der Waals surface area contributed by atoms with Crippen LogP contribution in [0.1, 0.15) is 18.6 Å². The molecule has 1 N–H and O–H groups in total. The van der Waals surface area contributed by atoms with Crippen LogP contribution in [-0.4, -0.2) is 11.2 Å². The number of hydrogen-bond donors (Lipinski definition) is 1. The summed E-state index contributed by atoms with van der Waals surface area (Å²) in [6, 6.07) is 3.71. The quantitative estimate of drug-likeness (QED) is 0.662. The monoisotopic (exact) mass is 150 g/mol. The molecule has 2 heteroatoms. The maximum atomic E-state index is 9.43. The van der Waals surface area contributed by atoms with Crippen LogP contribution in [0.5, 0.6) is 0 Å². The van der Waals surface area contributed by atoms with Crippen LogP contribution in [-0.2, 0) is 0 Å². The summed E-state index contributed by atoms with van der Waals surface area (Å²) in [5, 5.41) is 9.43. The summed E-state index contributed by atoms with van der Waals surface area (Å²) in [7, 11) is 0. The van der Waals surface area contributed by atoms with E-state index in [4.69, 9.17) is 4.42 Å². The molecular weight excluding hydrogens is 140 g/mol. The minimum atomic E-state index is -0.318. The van der Waals surface area contributed by atoms with Gasteiger partial charge in [0.15, 0.2) is 0 Å². The first-order valence-electron chi connectivity index (χ1n) is 3.80. The van der Waals surface area contributed by atoms with Gasteiger partial charge in [0.25, 0.3) is 0 Å². The van der Waals surface area contributed by atoms with Crippen molar-refractivity contribution in [2.45, 2.75) is 18.9 Å². The van der Waals surface area contributed by atoms with E-state index in [9.17, 15) is 5.11 Å². The average Bonchev–Trinajstić information content (AvgIpc) is 2.55. The number of furan rings is 1.